The molecule has 1 fully saturated rings. The van der Waals surface area contributed by atoms with Crippen molar-refractivity contribution in [2.45, 2.75) is 6.92 Å². The molecule has 0 aliphatic carbocycles. The molecule has 22 heavy (non-hydrogen) atoms. The van der Waals surface area contributed by atoms with Crippen LogP contribution in [0.3, 0.4) is 0 Å². The molecule has 120 valence electrons. The van der Waals surface area contributed by atoms with Crippen molar-refractivity contribution in [1.82, 2.24) is 15.1 Å². The normalized spacial score (nSPS) is 15.4. The lowest BCUT2D eigenvalue weighted by Crippen LogP contribution is -2.50. The molecule has 0 radical (unpaired) electrons. The molecule has 1 aromatic carbocycles. The number of hydrogen-bond donors (Lipinski definition) is 1. The standard InChI is InChI=1S/C16H23N3O3/c1-2-22-16(21)17-8-9-18-10-12-19(13-11-18)15(20)14-6-4-3-5-7-14/h3-7H,2,8-13H2,1H3,(H,17,21). The van der Waals surface area contributed by atoms with Gasteiger partial charge in [-0.2, -0.15) is 0 Å². The van der Waals surface area contributed by atoms with Gasteiger partial charge in [-0.05, 0) is 19.1 Å². The second-order valence-electron chi connectivity index (χ2n) is 5.15. The predicted molar refractivity (Wildman–Crippen MR) is 83.8 cm³/mol. The summed E-state index contributed by atoms with van der Waals surface area (Å²) in [6.45, 7) is 6.57. The zero-order valence-corrected chi connectivity index (χ0v) is 13.0. The summed E-state index contributed by atoms with van der Waals surface area (Å²) in [5.74, 6) is 0.0879. The Morgan fingerprint density at radius 1 is 1.14 bits per heavy atom. The van der Waals surface area contributed by atoms with Gasteiger partial charge in [0.05, 0.1) is 6.61 Å². The number of nitrogens with zero attached hydrogens (tertiary/aromatic N) is 2. The molecule has 1 saturated heterocycles. The number of piperazine rings is 1. The molecule has 1 N–H and O–H groups in total. The average molecular weight is 305 g/mol. The molecule has 0 spiro atoms. The van der Waals surface area contributed by atoms with Crippen molar-refractivity contribution >= 4 is 12.0 Å². The van der Waals surface area contributed by atoms with Gasteiger partial charge in [-0.25, -0.2) is 4.79 Å². The number of alkyl carbamates (subject to hydrolysis) is 1. The molecular weight excluding hydrogens is 282 g/mol. The van der Waals surface area contributed by atoms with Gasteiger partial charge in [0.2, 0.25) is 0 Å². The fourth-order valence-electron chi connectivity index (χ4n) is 2.44. The van der Waals surface area contributed by atoms with Crippen molar-refractivity contribution in [3.63, 3.8) is 0 Å². The second-order valence-corrected chi connectivity index (χ2v) is 5.15. The molecule has 2 amide bonds. The van der Waals surface area contributed by atoms with Gasteiger partial charge in [-0.3, -0.25) is 9.69 Å². The number of rotatable bonds is 5. The summed E-state index contributed by atoms with van der Waals surface area (Å²) in [6, 6.07) is 9.36. The molecule has 6 nitrogen and oxygen atoms in total. The number of benzene rings is 1. The Labute approximate surface area is 131 Å². The monoisotopic (exact) mass is 305 g/mol. The van der Waals surface area contributed by atoms with E-state index in [1.54, 1.807) is 6.92 Å². The van der Waals surface area contributed by atoms with Crippen LogP contribution in [0.4, 0.5) is 4.79 Å². The smallest absolute Gasteiger partial charge is 0.407 e. The molecule has 1 heterocycles. The van der Waals surface area contributed by atoms with Crippen LogP contribution in [0.2, 0.25) is 0 Å². The van der Waals surface area contributed by atoms with Crippen LogP contribution in [0, 0.1) is 0 Å². The molecule has 6 heteroatoms. The van der Waals surface area contributed by atoms with Crippen molar-refractivity contribution in [3.8, 4) is 0 Å². The van der Waals surface area contributed by atoms with E-state index >= 15 is 0 Å². The van der Waals surface area contributed by atoms with Gasteiger partial charge < -0.3 is 15.0 Å². The first-order chi connectivity index (χ1) is 10.7. The van der Waals surface area contributed by atoms with Crippen LogP contribution >= 0.6 is 0 Å². The molecular formula is C16H23N3O3. The summed E-state index contributed by atoms with van der Waals surface area (Å²) in [4.78, 5) is 27.6. The molecule has 1 aliphatic rings. The number of amides is 2. The first-order valence-corrected chi connectivity index (χ1v) is 7.68. The first-order valence-electron chi connectivity index (χ1n) is 7.68. The Morgan fingerprint density at radius 3 is 2.45 bits per heavy atom. The van der Waals surface area contributed by atoms with E-state index in [0.29, 0.717) is 26.2 Å². The number of carbonyl (C=O) groups excluding carboxylic acids is 2. The van der Waals surface area contributed by atoms with E-state index in [1.807, 2.05) is 35.2 Å². The van der Waals surface area contributed by atoms with Crippen molar-refractivity contribution < 1.29 is 14.3 Å². The van der Waals surface area contributed by atoms with E-state index in [2.05, 4.69) is 10.2 Å². The van der Waals surface area contributed by atoms with Gasteiger partial charge >= 0.3 is 6.09 Å². The van der Waals surface area contributed by atoms with Crippen LogP contribution in [0.25, 0.3) is 0 Å². The van der Waals surface area contributed by atoms with Gasteiger partial charge in [0.25, 0.3) is 5.91 Å². The summed E-state index contributed by atoms with van der Waals surface area (Å²) in [5, 5.41) is 2.71. The Balaban J connectivity index is 1.70. The maximum absolute atomic E-state index is 12.3. The van der Waals surface area contributed by atoms with E-state index in [-0.39, 0.29) is 12.0 Å². The third-order valence-corrected chi connectivity index (χ3v) is 3.65. The zero-order valence-electron chi connectivity index (χ0n) is 13.0. The van der Waals surface area contributed by atoms with Gasteiger partial charge in [0, 0.05) is 44.8 Å². The van der Waals surface area contributed by atoms with Crippen LogP contribution in [0.15, 0.2) is 30.3 Å². The average Bonchev–Trinajstić information content (AvgIpc) is 2.56. The summed E-state index contributed by atoms with van der Waals surface area (Å²) < 4.78 is 4.81. The molecule has 1 aliphatic heterocycles. The summed E-state index contributed by atoms with van der Waals surface area (Å²) in [5.41, 5.74) is 0.736. The Morgan fingerprint density at radius 2 is 1.82 bits per heavy atom. The lowest BCUT2D eigenvalue weighted by Gasteiger charge is -2.34. The first kappa shape index (κ1) is 16.3. The highest BCUT2D eigenvalue weighted by Crippen LogP contribution is 2.08. The van der Waals surface area contributed by atoms with Gasteiger partial charge in [-0.1, -0.05) is 18.2 Å². The van der Waals surface area contributed by atoms with Crippen LogP contribution in [0.5, 0.6) is 0 Å². The summed E-state index contributed by atoms with van der Waals surface area (Å²) in [6.07, 6.45) is -0.375. The molecule has 1 aromatic rings. The molecule has 0 atom stereocenters. The van der Waals surface area contributed by atoms with Crippen LogP contribution in [0.1, 0.15) is 17.3 Å². The number of ether oxygens (including phenoxy) is 1. The highest BCUT2D eigenvalue weighted by molar-refractivity contribution is 5.94. The van der Waals surface area contributed by atoms with E-state index in [1.165, 1.54) is 0 Å². The highest BCUT2D eigenvalue weighted by Gasteiger charge is 2.21. The minimum Gasteiger partial charge on any atom is -0.450 e. The lowest BCUT2D eigenvalue weighted by molar-refractivity contribution is 0.0638. The zero-order chi connectivity index (χ0) is 15.8. The van der Waals surface area contributed by atoms with E-state index in [4.69, 9.17) is 4.74 Å². The summed E-state index contributed by atoms with van der Waals surface area (Å²) in [7, 11) is 0. The Hall–Kier alpha value is -2.08. The maximum Gasteiger partial charge on any atom is 0.407 e. The molecule has 0 unspecified atom stereocenters. The Bertz CT molecular complexity index is 485. The number of nitrogens with one attached hydrogen (secondary N) is 1. The molecule has 0 bridgehead atoms. The highest BCUT2D eigenvalue weighted by atomic mass is 16.5. The predicted octanol–water partition coefficient (Wildman–Crippen LogP) is 1.19. The largest absolute Gasteiger partial charge is 0.450 e. The molecule has 2 rings (SSSR count). The molecule has 0 aromatic heterocycles. The van der Waals surface area contributed by atoms with Crippen LogP contribution < -0.4 is 5.32 Å². The third kappa shape index (κ3) is 4.73. The van der Waals surface area contributed by atoms with E-state index < -0.39 is 0 Å². The van der Waals surface area contributed by atoms with E-state index in [0.717, 1.165) is 25.2 Å². The van der Waals surface area contributed by atoms with Gasteiger partial charge in [-0.15, -0.1) is 0 Å². The maximum atomic E-state index is 12.3. The topological polar surface area (TPSA) is 61.9 Å². The van der Waals surface area contributed by atoms with Crippen molar-refractivity contribution in [3.05, 3.63) is 35.9 Å². The van der Waals surface area contributed by atoms with Crippen molar-refractivity contribution in [2.75, 3.05) is 45.9 Å². The SMILES string of the molecule is CCOC(=O)NCCN1CCN(C(=O)c2ccccc2)CC1. The van der Waals surface area contributed by atoms with E-state index in [9.17, 15) is 9.59 Å². The number of carbonyl (C=O) groups is 2. The third-order valence-electron chi connectivity index (χ3n) is 3.65. The van der Waals surface area contributed by atoms with Crippen LogP contribution in [-0.2, 0) is 4.74 Å². The van der Waals surface area contributed by atoms with Crippen molar-refractivity contribution in [1.29, 1.82) is 0 Å². The van der Waals surface area contributed by atoms with Crippen molar-refractivity contribution in [2.24, 2.45) is 0 Å². The second kappa shape index (κ2) is 8.38. The quantitative estimate of drug-likeness (QED) is 0.887. The minimum absolute atomic E-state index is 0.0879. The fourth-order valence-corrected chi connectivity index (χ4v) is 2.44. The van der Waals surface area contributed by atoms with Gasteiger partial charge in [0.1, 0.15) is 0 Å². The lowest BCUT2D eigenvalue weighted by atomic mass is 10.2. The minimum atomic E-state index is -0.375. The fraction of sp³-hybridized carbons (Fsp3) is 0.500. The number of hydrogen-bond acceptors (Lipinski definition) is 4. The Kier molecular flexibility index (Phi) is 6.21. The van der Waals surface area contributed by atoms with Crippen LogP contribution in [-0.4, -0.2) is 67.7 Å². The summed E-state index contributed by atoms with van der Waals surface area (Å²) >= 11 is 0. The van der Waals surface area contributed by atoms with Gasteiger partial charge in [0.15, 0.2) is 0 Å². The molecule has 0 saturated carbocycles.